The highest BCUT2D eigenvalue weighted by molar-refractivity contribution is 6.02. The fourth-order valence-corrected chi connectivity index (χ4v) is 3.08. The highest BCUT2D eigenvalue weighted by Gasteiger charge is 2.33. The summed E-state index contributed by atoms with van der Waals surface area (Å²) < 4.78 is 1.74. The molecule has 1 unspecified atom stereocenters. The third kappa shape index (κ3) is 2.71. The quantitative estimate of drug-likeness (QED) is 0.745. The van der Waals surface area contributed by atoms with Gasteiger partial charge in [0.1, 0.15) is 6.04 Å². The van der Waals surface area contributed by atoms with Crippen LogP contribution in [0.5, 0.6) is 0 Å². The van der Waals surface area contributed by atoms with Gasteiger partial charge in [0.25, 0.3) is 0 Å². The molecule has 1 aliphatic rings. The van der Waals surface area contributed by atoms with Crippen LogP contribution in [0.25, 0.3) is 11.0 Å². The second-order valence-electron chi connectivity index (χ2n) is 6.03. The predicted molar refractivity (Wildman–Crippen MR) is 92.2 cm³/mol. The van der Waals surface area contributed by atoms with Crippen molar-refractivity contribution in [3.8, 4) is 0 Å². The van der Waals surface area contributed by atoms with E-state index in [9.17, 15) is 9.59 Å². The van der Waals surface area contributed by atoms with E-state index in [0.717, 1.165) is 22.4 Å². The third-order valence-corrected chi connectivity index (χ3v) is 4.06. The molecule has 0 spiro atoms. The van der Waals surface area contributed by atoms with Crippen LogP contribution in [0, 0.1) is 13.8 Å². The molecule has 0 bridgehead atoms. The molecule has 2 N–H and O–H groups in total. The van der Waals surface area contributed by atoms with E-state index >= 15 is 0 Å². The lowest BCUT2D eigenvalue weighted by Crippen LogP contribution is -2.35. The van der Waals surface area contributed by atoms with Crippen LogP contribution in [0.1, 0.15) is 23.9 Å². The molecule has 3 heterocycles. The lowest BCUT2D eigenvalue weighted by molar-refractivity contribution is -0.124. The number of fused-ring (bicyclic) bond motifs is 3. The standard InChI is InChI=1S/C17H16N6O2/c1-9-7-10(2)19-16(18-9)22-15(25)13-8-14(24)21-17-20-11-5-3-4-6-12(11)23(13)17/h3-7,13H,8H2,1-2H3,(H,20,21,24)(H,18,19,22,25). The molecule has 8 nitrogen and oxygen atoms in total. The first-order valence-electron chi connectivity index (χ1n) is 7.91. The van der Waals surface area contributed by atoms with E-state index in [1.54, 1.807) is 4.57 Å². The molecule has 0 saturated heterocycles. The van der Waals surface area contributed by atoms with Crippen LogP contribution >= 0.6 is 0 Å². The number of nitrogens with zero attached hydrogens (tertiary/aromatic N) is 4. The maximum Gasteiger partial charge on any atom is 0.250 e. The van der Waals surface area contributed by atoms with Gasteiger partial charge < -0.3 is 0 Å². The normalized spacial score (nSPS) is 16.4. The van der Waals surface area contributed by atoms with Gasteiger partial charge in [-0.2, -0.15) is 0 Å². The van der Waals surface area contributed by atoms with Crippen LogP contribution in [-0.2, 0) is 9.59 Å². The Morgan fingerprint density at radius 2 is 1.92 bits per heavy atom. The van der Waals surface area contributed by atoms with Crippen LogP contribution in [-0.4, -0.2) is 31.3 Å². The number of imidazole rings is 1. The van der Waals surface area contributed by atoms with Crippen molar-refractivity contribution < 1.29 is 9.59 Å². The molecule has 3 aromatic rings. The van der Waals surface area contributed by atoms with E-state index < -0.39 is 6.04 Å². The summed E-state index contributed by atoms with van der Waals surface area (Å²) in [7, 11) is 0. The molecule has 0 fully saturated rings. The molecule has 0 aliphatic carbocycles. The Kier molecular flexibility index (Phi) is 3.45. The molecule has 1 atom stereocenters. The van der Waals surface area contributed by atoms with Crippen molar-refractivity contribution in [3.05, 3.63) is 41.7 Å². The fraction of sp³-hybridized carbons (Fsp3) is 0.235. The number of nitrogens with one attached hydrogen (secondary N) is 2. The molecular formula is C17H16N6O2. The first-order valence-corrected chi connectivity index (χ1v) is 7.91. The number of para-hydroxylation sites is 2. The first kappa shape index (κ1) is 15.3. The highest BCUT2D eigenvalue weighted by Crippen LogP contribution is 2.30. The van der Waals surface area contributed by atoms with Crippen LogP contribution < -0.4 is 10.6 Å². The van der Waals surface area contributed by atoms with Crippen molar-refractivity contribution in [2.45, 2.75) is 26.3 Å². The number of benzene rings is 1. The lowest BCUT2D eigenvalue weighted by atomic mass is 10.1. The van der Waals surface area contributed by atoms with Gasteiger partial charge in [-0.3, -0.25) is 24.8 Å². The highest BCUT2D eigenvalue weighted by atomic mass is 16.2. The second kappa shape index (κ2) is 5.66. The van der Waals surface area contributed by atoms with Crippen molar-refractivity contribution in [3.63, 3.8) is 0 Å². The van der Waals surface area contributed by atoms with Gasteiger partial charge >= 0.3 is 0 Å². The Labute approximate surface area is 143 Å². The molecule has 4 rings (SSSR count). The number of aromatic nitrogens is 4. The summed E-state index contributed by atoms with van der Waals surface area (Å²) in [4.78, 5) is 37.7. The minimum absolute atomic E-state index is 0.0317. The van der Waals surface area contributed by atoms with E-state index in [1.165, 1.54) is 0 Å². The number of anilines is 2. The first-order chi connectivity index (χ1) is 12.0. The Morgan fingerprint density at radius 3 is 2.68 bits per heavy atom. The summed E-state index contributed by atoms with van der Waals surface area (Å²) in [6, 6.07) is 8.56. The molecule has 25 heavy (non-hydrogen) atoms. The lowest BCUT2D eigenvalue weighted by Gasteiger charge is -2.24. The number of rotatable bonds is 2. The van der Waals surface area contributed by atoms with Crippen molar-refractivity contribution in [2.75, 3.05) is 10.6 Å². The zero-order chi connectivity index (χ0) is 17.6. The molecule has 2 aromatic heterocycles. The SMILES string of the molecule is Cc1cc(C)nc(NC(=O)C2CC(=O)Nc3nc4ccccc4n32)n1. The van der Waals surface area contributed by atoms with Crippen molar-refractivity contribution in [1.82, 2.24) is 19.5 Å². The van der Waals surface area contributed by atoms with Crippen LogP contribution in [0.4, 0.5) is 11.9 Å². The Hall–Kier alpha value is -3.29. The monoisotopic (exact) mass is 336 g/mol. The van der Waals surface area contributed by atoms with Gasteiger partial charge in [-0.05, 0) is 32.0 Å². The topological polar surface area (TPSA) is 102 Å². The zero-order valence-electron chi connectivity index (χ0n) is 13.8. The zero-order valence-corrected chi connectivity index (χ0v) is 13.8. The van der Waals surface area contributed by atoms with Gasteiger partial charge in [-0.25, -0.2) is 15.0 Å². The predicted octanol–water partition coefficient (Wildman–Crippen LogP) is 1.97. The van der Waals surface area contributed by atoms with Gasteiger partial charge in [0.15, 0.2) is 0 Å². The maximum absolute atomic E-state index is 12.8. The summed E-state index contributed by atoms with van der Waals surface area (Å²) in [6.07, 6.45) is 0.0317. The van der Waals surface area contributed by atoms with E-state index in [1.807, 2.05) is 44.2 Å². The van der Waals surface area contributed by atoms with Crippen LogP contribution in [0.2, 0.25) is 0 Å². The van der Waals surface area contributed by atoms with Crippen molar-refractivity contribution in [2.24, 2.45) is 0 Å². The van der Waals surface area contributed by atoms with Crippen molar-refractivity contribution >= 4 is 34.7 Å². The van der Waals surface area contributed by atoms with Gasteiger partial charge in [-0.1, -0.05) is 12.1 Å². The number of hydrogen-bond donors (Lipinski definition) is 2. The summed E-state index contributed by atoms with van der Waals surface area (Å²) in [6.45, 7) is 3.67. The molecule has 0 saturated carbocycles. The number of aryl methyl sites for hydroxylation is 2. The average Bonchev–Trinajstić information content (AvgIpc) is 2.90. The van der Waals surface area contributed by atoms with E-state index in [0.29, 0.717) is 5.95 Å². The van der Waals surface area contributed by atoms with Gasteiger partial charge in [0.2, 0.25) is 23.7 Å². The fourth-order valence-electron chi connectivity index (χ4n) is 3.08. The van der Waals surface area contributed by atoms with Crippen LogP contribution in [0.3, 0.4) is 0 Å². The minimum atomic E-state index is -0.708. The minimum Gasteiger partial charge on any atom is -0.297 e. The molecule has 0 radical (unpaired) electrons. The third-order valence-electron chi connectivity index (χ3n) is 4.06. The second-order valence-corrected chi connectivity index (χ2v) is 6.03. The molecule has 1 aliphatic heterocycles. The van der Waals surface area contributed by atoms with Gasteiger partial charge in [-0.15, -0.1) is 0 Å². The molecule has 2 amide bonds. The summed E-state index contributed by atoms with van der Waals surface area (Å²) >= 11 is 0. The smallest absolute Gasteiger partial charge is 0.250 e. The Bertz CT molecular complexity index is 989. The van der Waals surface area contributed by atoms with Gasteiger partial charge in [0, 0.05) is 11.4 Å². The van der Waals surface area contributed by atoms with E-state index in [-0.39, 0.29) is 24.2 Å². The van der Waals surface area contributed by atoms with Crippen LogP contribution in [0.15, 0.2) is 30.3 Å². The van der Waals surface area contributed by atoms with Crippen molar-refractivity contribution in [1.29, 1.82) is 0 Å². The molecule has 126 valence electrons. The molecular weight excluding hydrogens is 320 g/mol. The molecule has 8 heteroatoms. The summed E-state index contributed by atoms with van der Waals surface area (Å²) in [5, 5.41) is 5.44. The average molecular weight is 336 g/mol. The molecule has 1 aromatic carbocycles. The number of carbonyl (C=O) groups is 2. The van der Waals surface area contributed by atoms with E-state index in [2.05, 4.69) is 25.6 Å². The largest absolute Gasteiger partial charge is 0.297 e. The number of carbonyl (C=O) groups excluding carboxylic acids is 2. The number of amides is 2. The van der Waals surface area contributed by atoms with Gasteiger partial charge in [0.05, 0.1) is 17.5 Å². The number of hydrogen-bond acceptors (Lipinski definition) is 5. The summed E-state index contributed by atoms with van der Waals surface area (Å²) in [5.41, 5.74) is 3.04. The van der Waals surface area contributed by atoms with E-state index in [4.69, 9.17) is 0 Å². The Morgan fingerprint density at radius 1 is 1.20 bits per heavy atom. The Balaban J connectivity index is 1.73. The maximum atomic E-state index is 12.8. The summed E-state index contributed by atoms with van der Waals surface area (Å²) in [5.74, 6) is 0.0203.